The van der Waals surface area contributed by atoms with Crippen molar-refractivity contribution in [3.8, 4) is 0 Å². The van der Waals surface area contributed by atoms with E-state index in [1.807, 2.05) is 0 Å². The van der Waals surface area contributed by atoms with E-state index in [-0.39, 0.29) is 12.4 Å². The largest absolute Gasteiger partial charge is 1.00 e. The number of rotatable bonds is 5. The second-order valence-corrected chi connectivity index (χ2v) is 12.3. The van der Waals surface area contributed by atoms with E-state index in [0.717, 1.165) is 6.16 Å². The SMILES string of the molecule is [Cl-].c1ccc([P+](Cc2cc3ccccc3c3ccccc23)(c2ccccc2)c2ccccc2)cc1. The molecule has 0 saturated carbocycles. The van der Waals surface area contributed by atoms with E-state index in [4.69, 9.17) is 0 Å². The van der Waals surface area contributed by atoms with Crippen LogP contribution >= 0.6 is 7.26 Å². The van der Waals surface area contributed by atoms with Crippen molar-refractivity contribution in [3.05, 3.63) is 151 Å². The molecule has 0 aliphatic rings. The Morgan fingerprint density at radius 1 is 0.400 bits per heavy atom. The van der Waals surface area contributed by atoms with Gasteiger partial charge in [-0.2, -0.15) is 0 Å². The Labute approximate surface area is 214 Å². The minimum Gasteiger partial charge on any atom is -1.00 e. The molecule has 0 fully saturated rings. The summed E-state index contributed by atoms with van der Waals surface area (Å²) in [5, 5.41) is 9.59. The molecule has 0 aliphatic heterocycles. The van der Waals surface area contributed by atoms with Crippen molar-refractivity contribution in [1.82, 2.24) is 0 Å². The zero-order valence-electron chi connectivity index (χ0n) is 19.4. The monoisotopic (exact) mass is 488 g/mol. The Balaban J connectivity index is 0.00000253. The molecule has 0 heterocycles. The highest BCUT2D eigenvalue weighted by molar-refractivity contribution is 7.95. The second-order valence-electron chi connectivity index (χ2n) is 8.78. The molecular weight excluding hydrogens is 463 g/mol. The first kappa shape index (κ1) is 23.3. The van der Waals surface area contributed by atoms with E-state index in [2.05, 4.69) is 146 Å². The van der Waals surface area contributed by atoms with Crippen LogP contribution in [0.4, 0.5) is 0 Å². The minimum atomic E-state index is -1.96. The van der Waals surface area contributed by atoms with Crippen LogP contribution in [0.25, 0.3) is 21.5 Å². The average molecular weight is 489 g/mol. The van der Waals surface area contributed by atoms with Crippen molar-refractivity contribution in [2.75, 3.05) is 0 Å². The summed E-state index contributed by atoms with van der Waals surface area (Å²) < 4.78 is 0. The predicted molar refractivity (Wildman–Crippen MR) is 150 cm³/mol. The maximum absolute atomic E-state index is 2.43. The van der Waals surface area contributed by atoms with Crippen molar-refractivity contribution >= 4 is 44.7 Å². The zero-order valence-corrected chi connectivity index (χ0v) is 21.0. The van der Waals surface area contributed by atoms with Crippen LogP contribution in [0.1, 0.15) is 5.56 Å². The third kappa shape index (κ3) is 4.14. The van der Waals surface area contributed by atoms with Gasteiger partial charge in [0.2, 0.25) is 0 Å². The molecule has 6 aromatic rings. The third-order valence-electron chi connectivity index (χ3n) is 6.85. The lowest BCUT2D eigenvalue weighted by molar-refractivity contribution is -0.00000641. The van der Waals surface area contributed by atoms with Crippen molar-refractivity contribution in [2.24, 2.45) is 0 Å². The summed E-state index contributed by atoms with van der Waals surface area (Å²) in [5.74, 6) is 0. The third-order valence-corrected chi connectivity index (χ3v) is 11.2. The standard InChI is InChI=1S/C33H26P.ClH/c1-4-15-28(16-5-1)34(29-17-6-2-7-18-29,30-19-8-3-9-20-30)25-27-24-26-14-10-11-21-31(26)33-23-13-12-22-32(27)33;/h1-24H,25H2;1H/q+1;/p-1. The number of halogens is 1. The van der Waals surface area contributed by atoms with Gasteiger partial charge < -0.3 is 12.4 Å². The molecule has 0 atom stereocenters. The molecule has 170 valence electrons. The van der Waals surface area contributed by atoms with Crippen LogP contribution in [-0.4, -0.2) is 0 Å². The lowest BCUT2D eigenvalue weighted by atomic mass is 9.98. The van der Waals surface area contributed by atoms with Crippen LogP contribution in [0, 0.1) is 0 Å². The quantitative estimate of drug-likeness (QED) is 0.248. The molecule has 6 rings (SSSR count). The molecule has 0 amide bonds. The fraction of sp³-hybridized carbons (Fsp3) is 0.0303. The summed E-state index contributed by atoms with van der Waals surface area (Å²) in [6, 6.07) is 53.6. The molecule has 0 spiro atoms. The number of fused-ring (bicyclic) bond motifs is 3. The van der Waals surface area contributed by atoms with Gasteiger partial charge in [-0.05, 0) is 69.6 Å². The molecule has 0 aromatic heterocycles. The highest BCUT2D eigenvalue weighted by Crippen LogP contribution is 2.58. The number of hydrogen-bond acceptors (Lipinski definition) is 0. The van der Waals surface area contributed by atoms with E-state index in [9.17, 15) is 0 Å². The van der Waals surface area contributed by atoms with Gasteiger partial charge in [-0.1, -0.05) is 103 Å². The van der Waals surface area contributed by atoms with E-state index in [1.54, 1.807) is 0 Å². The summed E-state index contributed by atoms with van der Waals surface area (Å²) in [4.78, 5) is 0. The van der Waals surface area contributed by atoms with Crippen molar-refractivity contribution in [2.45, 2.75) is 6.16 Å². The molecule has 2 heteroatoms. The highest BCUT2D eigenvalue weighted by atomic mass is 35.5. The van der Waals surface area contributed by atoms with E-state index < -0.39 is 7.26 Å². The van der Waals surface area contributed by atoms with Crippen molar-refractivity contribution in [3.63, 3.8) is 0 Å². The maximum Gasteiger partial charge on any atom is 0.116 e. The fourth-order valence-electron chi connectivity index (χ4n) is 5.29. The molecule has 0 bridgehead atoms. The van der Waals surface area contributed by atoms with Crippen LogP contribution in [0.3, 0.4) is 0 Å². The molecule has 35 heavy (non-hydrogen) atoms. The smallest absolute Gasteiger partial charge is 0.116 e. The molecular formula is C33H26ClP. The van der Waals surface area contributed by atoms with E-state index in [1.165, 1.54) is 43.0 Å². The average Bonchev–Trinajstić information content (AvgIpc) is 2.93. The normalized spacial score (nSPS) is 11.3. The van der Waals surface area contributed by atoms with Gasteiger partial charge in [-0.25, -0.2) is 0 Å². The maximum atomic E-state index is 2.43. The van der Waals surface area contributed by atoms with Gasteiger partial charge in [-0.15, -0.1) is 0 Å². The Hall–Kier alpha value is -3.44. The van der Waals surface area contributed by atoms with Gasteiger partial charge in [0, 0.05) is 0 Å². The first-order chi connectivity index (χ1) is 16.9. The lowest BCUT2D eigenvalue weighted by Crippen LogP contribution is -3.00. The van der Waals surface area contributed by atoms with Gasteiger partial charge >= 0.3 is 0 Å². The van der Waals surface area contributed by atoms with Gasteiger partial charge in [0.25, 0.3) is 0 Å². The predicted octanol–water partition coefficient (Wildman–Crippen LogP) is 4.49. The minimum absolute atomic E-state index is 0. The van der Waals surface area contributed by atoms with Gasteiger partial charge in [0.05, 0.1) is 6.16 Å². The Bertz CT molecular complexity index is 1460. The Kier molecular flexibility index (Phi) is 6.69. The summed E-state index contributed by atoms with van der Waals surface area (Å²) in [7, 11) is -1.96. The highest BCUT2D eigenvalue weighted by Gasteiger charge is 2.45. The zero-order chi connectivity index (χ0) is 22.8. The molecule has 6 aromatic carbocycles. The Morgan fingerprint density at radius 3 is 1.31 bits per heavy atom. The summed E-state index contributed by atoms with van der Waals surface area (Å²) >= 11 is 0. The van der Waals surface area contributed by atoms with E-state index >= 15 is 0 Å². The lowest BCUT2D eigenvalue weighted by Gasteiger charge is -2.28. The van der Waals surface area contributed by atoms with E-state index in [0.29, 0.717) is 0 Å². The van der Waals surface area contributed by atoms with Gasteiger partial charge in [0.15, 0.2) is 0 Å². The molecule has 0 N–H and O–H groups in total. The molecule has 0 unspecified atom stereocenters. The van der Waals surface area contributed by atoms with Crippen LogP contribution in [0.2, 0.25) is 0 Å². The van der Waals surface area contributed by atoms with Crippen LogP contribution in [-0.2, 0) is 6.16 Å². The first-order valence-electron chi connectivity index (χ1n) is 11.8. The molecule has 0 aliphatic carbocycles. The van der Waals surface area contributed by atoms with Crippen molar-refractivity contribution < 1.29 is 12.4 Å². The number of benzene rings is 6. The second kappa shape index (κ2) is 10.0. The molecule has 0 nitrogen and oxygen atoms in total. The number of hydrogen-bond donors (Lipinski definition) is 0. The summed E-state index contributed by atoms with van der Waals surface area (Å²) in [5.41, 5.74) is 1.42. The van der Waals surface area contributed by atoms with Gasteiger partial charge in [-0.3, -0.25) is 0 Å². The first-order valence-corrected chi connectivity index (χ1v) is 13.8. The summed E-state index contributed by atoms with van der Waals surface area (Å²) in [6.45, 7) is 0. The molecule has 0 radical (unpaired) electrons. The Morgan fingerprint density at radius 2 is 0.800 bits per heavy atom. The molecule has 0 saturated heterocycles. The van der Waals surface area contributed by atoms with Crippen LogP contribution in [0.5, 0.6) is 0 Å². The van der Waals surface area contributed by atoms with Crippen molar-refractivity contribution in [1.29, 1.82) is 0 Å². The van der Waals surface area contributed by atoms with Crippen LogP contribution < -0.4 is 28.3 Å². The fourth-order valence-corrected chi connectivity index (χ4v) is 9.54. The van der Waals surface area contributed by atoms with Crippen LogP contribution in [0.15, 0.2) is 146 Å². The summed E-state index contributed by atoms with van der Waals surface area (Å²) in [6.07, 6.45) is 0.983. The van der Waals surface area contributed by atoms with Gasteiger partial charge in [0.1, 0.15) is 23.2 Å². The topological polar surface area (TPSA) is 0 Å².